The Morgan fingerprint density at radius 2 is 0.667 bits per heavy atom. The second-order valence-corrected chi connectivity index (χ2v) is 4.97. The number of nitrogens with zero attached hydrogens (tertiary/aromatic N) is 4. The van der Waals surface area contributed by atoms with Crippen molar-refractivity contribution in [3.8, 4) is 0 Å². The van der Waals surface area contributed by atoms with Crippen LogP contribution in [0.5, 0.6) is 0 Å². The van der Waals surface area contributed by atoms with Crippen LogP contribution in [0.25, 0.3) is 0 Å². The van der Waals surface area contributed by atoms with Crippen molar-refractivity contribution in [3.63, 3.8) is 0 Å². The van der Waals surface area contributed by atoms with Crippen molar-refractivity contribution in [3.05, 3.63) is 0 Å². The summed E-state index contributed by atoms with van der Waals surface area (Å²) in [7, 11) is 0. The smallest absolute Gasteiger partial charge is 0.0923 e. The van der Waals surface area contributed by atoms with Crippen molar-refractivity contribution in [2.24, 2.45) is 0 Å². The van der Waals surface area contributed by atoms with Gasteiger partial charge in [-0.05, 0) is 0 Å². The highest BCUT2D eigenvalue weighted by molar-refractivity contribution is 8.93. The first-order chi connectivity index (χ1) is 6.93. The molecule has 0 amide bonds. The fourth-order valence-electron chi connectivity index (χ4n) is 3.75. The van der Waals surface area contributed by atoms with Crippen molar-refractivity contribution in [1.29, 1.82) is 0 Å². The van der Waals surface area contributed by atoms with Gasteiger partial charge in [-0.3, -0.25) is 19.6 Å². The van der Waals surface area contributed by atoms with Gasteiger partial charge in [-0.2, -0.15) is 0 Å². The molecule has 15 heavy (non-hydrogen) atoms. The number of halogens is 1. The van der Waals surface area contributed by atoms with E-state index in [0.29, 0.717) is 0 Å². The normalized spacial score (nSPS) is 41.6. The van der Waals surface area contributed by atoms with Gasteiger partial charge < -0.3 is 0 Å². The molecule has 0 N–H and O–H groups in total. The lowest BCUT2D eigenvalue weighted by molar-refractivity contribution is -0.0745. The monoisotopic (exact) mass is 274 g/mol. The van der Waals surface area contributed by atoms with E-state index in [-0.39, 0.29) is 17.0 Å². The van der Waals surface area contributed by atoms with E-state index in [1.807, 2.05) is 0 Å². The standard InChI is InChI=1S/C10H18N4.BrH/c1-2-12-7-8-14-4-3-13-6-5-11(1)9(12)10(13)14;/h9-10H,1-8H2;1H. The molecule has 5 heteroatoms. The van der Waals surface area contributed by atoms with Gasteiger partial charge in [0, 0.05) is 52.4 Å². The fraction of sp³-hybridized carbons (Fsp3) is 1.00. The SMILES string of the molecule is Br.C1CN2CCN3CCN4CCN1C2C43. The molecule has 4 nitrogen and oxygen atoms in total. The summed E-state index contributed by atoms with van der Waals surface area (Å²) in [6.45, 7) is 10.4. The Bertz CT molecular complexity index is 212. The van der Waals surface area contributed by atoms with Crippen LogP contribution in [0.1, 0.15) is 0 Å². The Balaban J connectivity index is 0.000000722. The third-order valence-electron chi connectivity index (χ3n) is 4.46. The molecule has 4 rings (SSSR count). The zero-order valence-electron chi connectivity index (χ0n) is 9.01. The highest BCUT2D eigenvalue weighted by Gasteiger charge is 2.50. The van der Waals surface area contributed by atoms with Crippen molar-refractivity contribution in [2.75, 3.05) is 52.4 Å². The third kappa shape index (κ3) is 1.34. The molecule has 0 spiro atoms. The molecule has 86 valence electrons. The summed E-state index contributed by atoms with van der Waals surface area (Å²) < 4.78 is 0. The van der Waals surface area contributed by atoms with Gasteiger partial charge >= 0.3 is 0 Å². The topological polar surface area (TPSA) is 13.0 Å². The second kappa shape index (κ2) is 3.67. The lowest BCUT2D eigenvalue weighted by Gasteiger charge is -2.49. The van der Waals surface area contributed by atoms with Crippen LogP contribution < -0.4 is 0 Å². The van der Waals surface area contributed by atoms with Crippen LogP contribution in [0.3, 0.4) is 0 Å². The molecule has 4 aliphatic heterocycles. The van der Waals surface area contributed by atoms with Crippen molar-refractivity contribution < 1.29 is 0 Å². The van der Waals surface area contributed by atoms with E-state index >= 15 is 0 Å². The molecule has 0 aromatic carbocycles. The molecular weight excluding hydrogens is 256 g/mol. The maximum absolute atomic E-state index is 2.69. The van der Waals surface area contributed by atoms with Crippen molar-refractivity contribution in [1.82, 2.24) is 19.6 Å². The molecule has 0 unspecified atom stereocenters. The van der Waals surface area contributed by atoms with Crippen molar-refractivity contribution >= 4 is 17.0 Å². The maximum Gasteiger partial charge on any atom is 0.0923 e. The molecule has 0 saturated carbocycles. The molecule has 0 aromatic rings. The van der Waals surface area contributed by atoms with E-state index in [2.05, 4.69) is 19.6 Å². The minimum absolute atomic E-state index is 0. The van der Waals surface area contributed by atoms with Crippen LogP contribution >= 0.6 is 17.0 Å². The van der Waals surface area contributed by atoms with Gasteiger partial charge in [-0.25, -0.2) is 0 Å². The summed E-state index contributed by atoms with van der Waals surface area (Å²) >= 11 is 0. The average Bonchev–Trinajstić information content (AvgIpc) is 2.77. The van der Waals surface area contributed by atoms with E-state index < -0.39 is 0 Å². The Morgan fingerprint density at radius 1 is 0.467 bits per heavy atom. The summed E-state index contributed by atoms with van der Waals surface area (Å²) in [5.41, 5.74) is 0. The molecule has 0 atom stereocenters. The average molecular weight is 275 g/mol. The molecule has 0 bridgehead atoms. The zero-order chi connectivity index (χ0) is 9.12. The van der Waals surface area contributed by atoms with E-state index in [1.54, 1.807) is 0 Å². The summed E-state index contributed by atoms with van der Waals surface area (Å²) in [6, 6.07) is 0. The number of hydrogen-bond acceptors (Lipinski definition) is 4. The van der Waals surface area contributed by atoms with Gasteiger partial charge in [-0.15, -0.1) is 17.0 Å². The maximum atomic E-state index is 2.69. The Hall–Kier alpha value is 0.320. The lowest BCUT2D eigenvalue weighted by atomic mass is 10.2. The zero-order valence-corrected chi connectivity index (χ0v) is 10.7. The van der Waals surface area contributed by atoms with Crippen LogP contribution in [-0.2, 0) is 0 Å². The van der Waals surface area contributed by atoms with Gasteiger partial charge in [0.15, 0.2) is 0 Å². The number of hydrogen-bond donors (Lipinski definition) is 0. The molecule has 4 aliphatic rings. The Kier molecular flexibility index (Phi) is 2.56. The summed E-state index contributed by atoms with van der Waals surface area (Å²) in [5.74, 6) is 0. The molecule has 4 saturated heterocycles. The fourth-order valence-corrected chi connectivity index (χ4v) is 3.75. The molecule has 4 heterocycles. The Morgan fingerprint density at radius 3 is 0.867 bits per heavy atom. The van der Waals surface area contributed by atoms with Crippen LogP contribution in [0.15, 0.2) is 0 Å². The van der Waals surface area contributed by atoms with Crippen LogP contribution in [-0.4, -0.2) is 84.3 Å². The first kappa shape index (κ1) is 10.5. The Labute approximate surface area is 102 Å². The summed E-state index contributed by atoms with van der Waals surface area (Å²) in [5, 5.41) is 0. The minimum Gasteiger partial charge on any atom is -0.283 e. The largest absolute Gasteiger partial charge is 0.283 e. The minimum atomic E-state index is 0. The first-order valence-corrected chi connectivity index (χ1v) is 5.90. The van der Waals surface area contributed by atoms with E-state index in [4.69, 9.17) is 0 Å². The van der Waals surface area contributed by atoms with E-state index in [1.165, 1.54) is 52.4 Å². The summed E-state index contributed by atoms with van der Waals surface area (Å²) in [4.78, 5) is 10.8. The molecular formula is C10H19BrN4. The predicted molar refractivity (Wildman–Crippen MR) is 64.2 cm³/mol. The van der Waals surface area contributed by atoms with Crippen molar-refractivity contribution in [2.45, 2.75) is 12.3 Å². The second-order valence-electron chi connectivity index (χ2n) is 4.97. The van der Waals surface area contributed by atoms with E-state index in [9.17, 15) is 0 Å². The van der Waals surface area contributed by atoms with Gasteiger partial charge in [0.2, 0.25) is 0 Å². The molecule has 0 aliphatic carbocycles. The molecule has 4 fully saturated rings. The lowest BCUT2D eigenvalue weighted by Crippen LogP contribution is -2.66. The van der Waals surface area contributed by atoms with E-state index in [0.717, 1.165) is 12.3 Å². The van der Waals surface area contributed by atoms with Crippen LogP contribution in [0.2, 0.25) is 0 Å². The van der Waals surface area contributed by atoms with Gasteiger partial charge in [0.05, 0.1) is 12.3 Å². The third-order valence-corrected chi connectivity index (χ3v) is 4.46. The van der Waals surface area contributed by atoms with Gasteiger partial charge in [0.25, 0.3) is 0 Å². The quantitative estimate of drug-likeness (QED) is 0.590. The highest BCUT2D eigenvalue weighted by atomic mass is 79.9. The highest BCUT2D eigenvalue weighted by Crippen LogP contribution is 2.32. The van der Waals surface area contributed by atoms with Gasteiger partial charge in [-0.1, -0.05) is 0 Å². The predicted octanol–water partition coefficient (Wildman–Crippen LogP) is -0.521. The summed E-state index contributed by atoms with van der Waals surface area (Å²) in [6.07, 6.45) is 1.47. The van der Waals surface area contributed by atoms with Crippen LogP contribution in [0, 0.1) is 0 Å². The number of rotatable bonds is 0. The molecule has 0 aromatic heterocycles. The first-order valence-electron chi connectivity index (χ1n) is 5.90. The molecule has 0 radical (unpaired) electrons. The van der Waals surface area contributed by atoms with Crippen LogP contribution in [0.4, 0.5) is 0 Å². The number of piperazine rings is 2. The van der Waals surface area contributed by atoms with Gasteiger partial charge in [0.1, 0.15) is 0 Å².